The molecule has 1 heterocycles. The number of furan rings is 1. The number of aliphatic hydroxyl groups is 1. The molecule has 1 atom stereocenters. The minimum atomic E-state index is -1.11. The average Bonchev–Trinajstić information content (AvgIpc) is 3.29. The van der Waals surface area contributed by atoms with Crippen LogP contribution in [0.4, 0.5) is 4.79 Å². The van der Waals surface area contributed by atoms with E-state index in [9.17, 15) is 9.90 Å². The number of benzene rings is 1. The molecule has 5 nitrogen and oxygen atoms in total. The van der Waals surface area contributed by atoms with Crippen LogP contribution in [0.25, 0.3) is 0 Å². The van der Waals surface area contributed by atoms with Gasteiger partial charge in [-0.2, -0.15) is 0 Å². The van der Waals surface area contributed by atoms with Gasteiger partial charge in [0.15, 0.2) is 0 Å². The summed E-state index contributed by atoms with van der Waals surface area (Å²) < 4.78 is 5.35. The maximum Gasteiger partial charge on any atom is 0.314 e. The Morgan fingerprint density at radius 3 is 2.61 bits per heavy atom. The van der Waals surface area contributed by atoms with E-state index in [0.29, 0.717) is 12.3 Å². The van der Waals surface area contributed by atoms with Crippen LogP contribution in [-0.4, -0.2) is 24.2 Å². The Hall–Kier alpha value is -2.27. The number of nitrogens with one attached hydrogen (secondary N) is 2. The van der Waals surface area contributed by atoms with Crippen molar-refractivity contribution >= 4 is 6.03 Å². The van der Waals surface area contributed by atoms with Gasteiger partial charge in [-0.3, -0.25) is 0 Å². The van der Waals surface area contributed by atoms with E-state index in [1.54, 1.807) is 18.4 Å². The minimum absolute atomic E-state index is 0.151. The summed E-state index contributed by atoms with van der Waals surface area (Å²) in [6.07, 6.45) is 4.23. The van der Waals surface area contributed by atoms with Crippen LogP contribution in [0.1, 0.15) is 24.2 Å². The molecule has 0 spiro atoms. The smallest absolute Gasteiger partial charge is 0.314 e. The first-order valence-corrected chi connectivity index (χ1v) is 8.00. The van der Waals surface area contributed by atoms with Crippen LogP contribution in [0.2, 0.25) is 0 Å². The minimum Gasteiger partial charge on any atom is -0.466 e. The molecular formula is C18H22N2O3. The molecule has 1 aliphatic rings. The van der Waals surface area contributed by atoms with Crippen LogP contribution in [0.3, 0.4) is 0 Å². The molecule has 1 aromatic heterocycles. The third-order valence-electron chi connectivity index (χ3n) is 4.26. The molecule has 1 unspecified atom stereocenters. The third-order valence-corrected chi connectivity index (χ3v) is 4.26. The maximum absolute atomic E-state index is 11.9. The zero-order valence-corrected chi connectivity index (χ0v) is 13.0. The van der Waals surface area contributed by atoms with Crippen LogP contribution in [0.15, 0.2) is 53.1 Å². The largest absolute Gasteiger partial charge is 0.466 e. The number of hydrogen-bond acceptors (Lipinski definition) is 3. The van der Waals surface area contributed by atoms with Crippen molar-refractivity contribution in [1.29, 1.82) is 0 Å². The molecule has 1 aromatic carbocycles. The lowest BCUT2D eigenvalue weighted by Crippen LogP contribution is -2.46. The van der Waals surface area contributed by atoms with Crippen molar-refractivity contribution < 1.29 is 14.3 Å². The molecule has 0 saturated heterocycles. The van der Waals surface area contributed by atoms with Crippen molar-refractivity contribution in [3.8, 4) is 0 Å². The highest BCUT2D eigenvalue weighted by atomic mass is 16.4. The van der Waals surface area contributed by atoms with Crippen molar-refractivity contribution in [2.45, 2.75) is 24.9 Å². The second-order valence-electron chi connectivity index (χ2n) is 6.02. The number of urea groups is 1. The first kappa shape index (κ1) is 15.6. The van der Waals surface area contributed by atoms with Crippen molar-refractivity contribution in [3.63, 3.8) is 0 Å². The van der Waals surface area contributed by atoms with E-state index in [-0.39, 0.29) is 18.5 Å². The molecule has 0 aliphatic heterocycles. The van der Waals surface area contributed by atoms with Gasteiger partial charge in [-0.15, -0.1) is 0 Å². The lowest BCUT2D eigenvalue weighted by molar-refractivity contribution is -0.00448. The van der Waals surface area contributed by atoms with Gasteiger partial charge in [0.05, 0.1) is 12.8 Å². The highest BCUT2D eigenvalue weighted by Crippen LogP contribution is 2.45. The van der Waals surface area contributed by atoms with Crippen LogP contribution in [0, 0.1) is 5.92 Å². The number of amides is 2. The molecule has 0 bridgehead atoms. The molecule has 23 heavy (non-hydrogen) atoms. The molecule has 1 saturated carbocycles. The summed E-state index contributed by atoms with van der Waals surface area (Å²) in [5.41, 5.74) is 0.0677. The number of hydrogen-bond donors (Lipinski definition) is 3. The Bertz CT molecular complexity index is 623. The predicted octanol–water partition coefficient (Wildman–Crippen LogP) is 2.42. The van der Waals surface area contributed by atoms with Gasteiger partial charge in [-0.25, -0.2) is 4.79 Å². The Balaban J connectivity index is 1.46. The second kappa shape index (κ2) is 6.87. The van der Waals surface area contributed by atoms with Crippen molar-refractivity contribution in [2.75, 3.05) is 13.1 Å². The summed E-state index contributed by atoms with van der Waals surface area (Å²) in [4.78, 5) is 11.9. The Labute approximate surface area is 135 Å². The number of carbonyl (C=O) groups is 1. The Morgan fingerprint density at radius 1 is 1.17 bits per heavy atom. The van der Waals surface area contributed by atoms with Gasteiger partial charge in [0.2, 0.25) is 0 Å². The van der Waals surface area contributed by atoms with E-state index in [4.69, 9.17) is 4.42 Å². The Morgan fingerprint density at radius 2 is 1.96 bits per heavy atom. The molecule has 3 rings (SSSR count). The van der Waals surface area contributed by atoms with E-state index in [2.05, 4.69) is 10.6 Å². The number of rotatable bonds is 7. The van der Waals surface area contributed by atoms with E-state index in [0.717, 1.165) is 19.3 Å². The SMILES string of the molecule is O=C(NCCc1ccccc1)NCC(O)(c1ccco1)C1CC1. The van der Waals surface area contributed by atoms with Gasteiger partial charge >= 0.3 is 6.03 Å². The third kappa shape index (κ3) is 3.93. The van der Waals surface area contributed by atoms with E-state index >= 15 is 0 Å². The molecule has 5 heteroatoms. The highest BCUT2D eigenvalue weighted by Gasteiger charge is 2.47. The van der Waals surface area contributed by atoms with Gasteiger partial charge in [0.25, 0.3) is 0 Å². The molecule has 122 valence electrons. The monoisotopic (exact) mass is 314 g/mol. The molecule has 1 fully saturated rings. The van der Waals surface area contributed by atoms with Crippen LogP contribution in [0.5, 0.6) is 0 Å². The van der Waals surface area contributed by atoms with Gasteiger partial charge in [0, 0.05) is 6.54 Å². The fourth-order valence-corrected chi connectivity index (χ4v) is 2.76. The summed E-state index contributed by atoms with van der Waals surface area (Å²) in [6.45, 7) is 0.709. The molecule has 1 aliphatic carbocycles. The fraction of sp³-hybridized carbons (Fsp3) is 0.389. The van der Waals surface area contributed by atoms with Crippen LogP contribution in [-0.2, 0) is 12.0 Å². The van der Waals surface area contributed by atoms with E-state index < -0.39 is 5.60 Å². The van der Waals surface area contributed by atoms with E-state index in [1.807, 2.05) is 30.3 Å². The lowest BCUT2D eigenvalue weighted by Gasteiger charge is -2.26. The summed E-state index contributed by atoms with van der Waals surface area (Å²) >= 11 is 0. The van der Waals surface area contributed by atoms with Crippen LogP contribution < -0.4 is 10.6 Å². The second-order valence-corrected chi connectivity index (χ2v) is 6.02. The quantitative estimate of drug-likeness (QED) is 0.735. The zero-order valence-electron chi connectivity index (χ0n) is 13.0. The topological polar surface area (TPSA) is 74.5 Å². The fourth-order valence-electron chi connectivity index (χ4n) is 2.76. The average molecular weight is 314 g/mol. The summed E-state index contributed by atoms with van der Waals surface area (Å²) in [5.74, 6) is 0.669. The van der Waals surface area contributed by atoms with Crippen molar-refractivity contribution in [3.05, 3.63) is 60.1 Å². The molecule has 0 radical (unpaired) electrons. The van der Waals surface area contributed by atoms with E-state index in [1.165, 1.54) is 5.56 Å². The van der Waals surface area contributed by atoms with Gasteiger partial charge in [-0.05, 0) is 42.9 Å². The van der Waals surface area contributed by atoms with Crippen molar-refractivity contribution in [1.82, 2.24) is 10.6 Å². The normalized spacial score (nSPS) is 16.6. The first-order valence-electron chi connectivity index (χ1n) is 8.00. The maximum atomic E-state index is 11.9. The first-order chi connectivity index (χ1) is 11.2. The van der Waals surface area contributed by atoms with Gasteiger partial charge < -0.3 is 20.2 Å². The predicted molar refractivity (Wildman–Crippen MR) is 86.9 cm³/mol. The molecule has 2 aromatic rings. The highest BCUT2D eigenvalue weighted by molar-refractivity contribution is 5.73. The standard InChI is InChI=1S/C18H22N2O3/c21-17(19-11-10-14-5-2-1-3-6-14)20-13-18(22,15-8-9-15)16-7-4-12-23-16/h1-7,12,15,22H,8-11,13H2,(H2,19,20,21). The summed E-state index contributed by atoms with van der Waals surface area (Å²) in [6, 6.07) is 13.2. The van der Waals surface area contributed by atoms with Gasteiger partial charge in [-0.1, -0.05) is 30.3 Å². The van der Waals surface area contributed by atoms with Gasteiger partial charge in [0.1, 0.15) is 11.4 Å². The number of carbonyl (C=O) groups excluding carboxylic acids is 1. The lowest BCUT2D eigenvalue weighted by atomic mass is 9.94. The van der Waals surface area contributed by atoms with Crippen molar-refractivity contribution in [2.24, 2.45) is 5.92 Å². The zero-order chi connectivity index (χ0) is 16.1. The molecule has 3 N–H and O–H groups in total. The molecule has 2 amide bonds. The van der Waals surface area contributed by atoms with Crippen LogP contribution >= 0.6 is 0 Å². The molecular weight excluding hydrogens is 292 g/mol. The Kier molecular flexibility index (Phi) is 4.67. The summed E-state index contributed by atoms with van der Waals surface area (Å²) in [5, 5.41) is 16.4. The summed E-state index contributed by atoms with van der Waals surface area (Å²) in [7, 11) is 0.